The second-order valence-electron chi connectivity index (χ2n) is 4.76. The summed E-state index contributed by atoms with van der Waals surface area (Å²) >= 11 is 3.34. The Morgan fingerprint density at radius 2 is 1.75 bits per heavy atom. The largest absolute Gasteiger partial charge is 0.511 e. The average Bonchev–Trinajstić information content (AvgIpc) is 2.41. The van der Waals surface area contributed by atoms with Gasteiger partial charge in [-0.1, -0.05) is 32.8 Å². The van der Waals surface area contributed by atoms with E-state index in [1.807, 2.05) is 6.07 Å². The van der Waals surface area contributed by atoms with Crippen molar-refractivity contribution in [3.05, 3.63) is 21.7 Å². The van der Waals surface area contributed by atoms with Crippen LogP contribution in [-0.2, 0) is 12.8 Å². The van der Waals surface area contributed by atoms with Gasteiger partial charge in [0.15, 0.2) is 11.5 Å². The number of phenols is 1. The maximum Gasteiger partial charge on any atom is 0.511 e. The fraction of sp³-hybridized carbons (Fsp3) is 0.533. The zero-order valence-electron chi connectivity index (χ0n) is 11.9. The van der Waals surface area contributed by atoms with Crippen LogP contribution in [0.2, 0.25) is 0 Å². The molecule has 1 rings (SSSR count). The van der Waals surface area contributed by atoms with E-state index in [9.17, 15) is 9.90 Å². The monoisotopic (exact) mass is 344 g/mol. The molecule has 5 heteroatoms. The third-order valence-electron chi connectivity index (χ3n) is 3.14. The van der Waals surface area contributed by atoms with Crippen LogP contribution in [0.1, 0.15) is 50.7 Å². The van der Waals surface area contributed by atoms with Crippen LogP contribution < -0.4 is 4.74 Å². The van der Waals surface area contributed by atoms with Crippen LogP contribution in [0.15, 0.2) is 10.5 Å². The second kappa shape index (κ2) is 8.15. The van der Waals surface area contributed by atoms with E-state index in [-0.39, 0.29) is 11.5 Å². The SMILES string of the molecule is CCCCc1cc(CCCC)c(Br)c(OC(=O)O)c1O. The fourth-order valence-electron chi connectivity index (χ4n) is 2.03. The Hall–Kier alpha value is -1.23. The van der Waals surface area contributed by atoms with Crippen molar-refractivity contribution in [2.24, 2.45) is 0 Å². The minimum absolute atomic E-state index is 0.0113. The third-order valence-corrected chi connectivity index (χ3v) is 4.01. The van der Waals surface area contributed by atoms with Crippen molar-refractivity contribution < 1.29 is 19.7 Å². The van der Waals surface area contributed by atoms with Gasteiger partial charge < -0.3 is 14.9 Å². The number of aromatic hydroxyl groups is 1. The number of benzene rings is 1. The number of carbonyl (C=O) groups is 1. The Morgan fingerprint density at radius 1 is 1.20 bits per heavy atom. The highest BCUT2D eigenvalue weighted by atomic mass is 79.9. The third kappa shape index (κ3) is 4.40. The van der Waals surface area contributed by atoms with E-state index in [1.165, 1.54) is 0 Å². The number of ether oxygens (including phenoxy) is 1. The summed E-state index contributed by atoms with van der Waals surface area (Å²) in [6.07, 6.45) is 4.12. The van der Waals surface area contributed by atoms with E-state index >= 15 is 0 Å². The normalized spacial score (nSPS) is 10.6. The summed E-state index contributed by atoms with van der Waals surface area (Å²) in [5.41, 5.74) is 1.73. The van der Waals surface area contributed by atoms with Crippen LogP contribution in [0.4, 0.5) is 4.79 Å². The first-order chi connectivity index (χ1) is 9.51. The molecule has 0 bridgehead atoms. The molecular weight excluding hydrogens is 324 g/mol. The van der Waals surface area contributed by atoms with E-state index in [0.717, 1.165) is 43.2 Å². The molecule has 0 fully saturated rings. The molecule has 112 valence electrons. The van der Waals surface area contributed by atoms with E-state index in [2.05, 4.69) is 29.8 Å². The quantitative estimate of drug-likeness (QED) is 0.545. The molecule has 0 radical (unpaired) electrons. The summed E-state index contributed by atoms with van der Waals surface area (Å²) in [4.78, 5) is 10.8. The second-order valence-corrected chi connectivity index (χ2v) is 5.55. The molecule has 1 aromatic carbocycles. The van der Waals surface area contributed by atoms with Gasteiger partial charge in [-0.05, 0) is 52.7 Å². The summed E-state index contributed by atoms with van der Waals surface area (Å²) in [5.74, 6) is -0.0646. The number of unbranched alkanes of at least 4 members (excludes halogenated alkanes) is 2. The maximum atomic E-state index is 10.8. The van der Waals surface area contributed by atoms with Crippen LogP contribution in [0, 0.1) is 0 Å². The van der Waals surface area contributed by atoms with Crippen LogP contribution in [0.3, 0.4) is 0 Å². The molecule has 0 saturated heterocycles. The predicted octanol–water partition coefficient (Wildman–Crippen LogP) is 4.90. The van der Waals surface area contributed by atoms with Gasteiger partial charge in [-0.25, -0.2) is 4.79 Å². The van der Waals surface area contributed by atoms with Gasteiger partial charge >= 0.3 is 6.16 Å². The molecule has 0 atom stereocenters. The van der Waals surface area contributed by atoms with E-state index in [1.54, 1.807) is 0 Å². The molecule has 2 N–H and O–H groups in total. The summed E-state index contributed by atoms with van der Waals surface area (Å²) in [5, 5.41) is 19.0. The van der Waals surface area contributed by atoms with Crippen molar-refractivity contribution in [3.63, 3.8) is 0 Å². The first kappa shape index (κ1) is 16.8. The molecule has 1 aromatic rings. The zero-order chi connectivity index (χ0) is 15.1. The highest BCUT2D eigenvalue weighted by Crippen LogP contribution is 2.41. The summed E-state index contributed by atoms with van der Waals surface area (Å²) < 4.78 is 5.27. The molecular formula is C15H21BrO4. The van der Waals surface area contributed by atoms with E-state index < -0.39 is 6.16 Å². The first-order valence-corrected chi connectivity index (χ1v) is 7.74. The van der Waals surface area contributed by atoms with Gasteiger partial charge in [-0.2, -0.15) is 0 Å². The number of hydrogen-bond donors (Lipinski definition) is 2. The zero-order valence-corrected chi connectivity index (χ0v) is 13.5. The Morgan fingerprint density at radius 3 is 2.25 bits per heavy atom. The molecule has 20 heavy (non-hydrogen) atoms. The van der Waals surface area contributed by atoms with Crippen LogP contribution in [-0.4, -0.2) is 16.4 Å². The molecule has 0 aromatic heterocycles. The number of hydrogen-bond acceptors (Lipinski definition) is 3. The number of carboxylic acid groups (broad SMARTS) is 1. The lowest BCUT2D eigenvalue weighted by atomic mass is 10.0. The van der Waals surface area contributed by atoms with Gasteiger partial charge in [-0.3, -0.25) is 0 Å². The van der Waals surface area contributed by atoms with E-state index in [0.29, 0.717) is 10.9 Å². The molecule has 0 aliphatic heterocycles. The van der Waals surface area contributed by atoms with Crippen LogP contribution in [0.5, 0.6) is 11.5 Å². The minimum Gasteiger partial charge on any atom is -0.504 e. The van der Waals surface area contributed by atoms with Crippen molar-refractivity contribution in [1.29, 1.82) is 0 Å². The number of aryl methyl sites for hydroxylation is 2. The van der Waals surface area contributed by atoms with Crippen molar-refractivity contribution in [1.82, 2.24) is 0 Å². The Labute approximate surface area is 127 Å². The molecule has 0 spiro atoms. The standard InChI is InChI=1S/C15H21BrO4/c1-3-5-7-10-9-11(8-6-4-2)13(17)14(12(10)16)20-15(18)19/h9,17H,3-8H2,1-2H3,(H,18,19). The van der Waals surface area contributed by atoms with Crippen molar-refractivity contribution in [2.75, 3.05) is 0 Å². The fourth-order valence-corrected chi connectivity index (χ4v) is 2.61. The number of halogens is 1. The molecule has 0 aliphatic rings. The lowest BCUT2D eigenvalue weighted by Crippen LogP contribution is -2.06. The molecule has 4 nitrogen and oxygen atoms in total. The smallest absolute Gasteiger partial charge is 0.504 e. The van der Waals surface area contributed by atoms with Gasteiger partial charge in [-0.15, -0.1) is 0 Å². The molecule has 0 aliphatic carbocycles. The number of rotatable bonds is 7. The lowest BCUT2D eigenvalue weighted by molar-refractivity contribution is 0.142. The lowest BCUT2D eigenvalue weighted by Gasteiger charge is -2.14. The van der Waals surface area contributed by atoms with Crippen molar-refractivity contribution in [3.8, 4) is 11.5 Å². The Balaban J connectivity index is 3.20. The van der Waals surface area contributed by atoms with Gasteiger partial charge in [0.2, 0.25) is 0 Å². The van der Waals surface area contributed by atoms with Gasteiger partial charge in [0.05, 0.1) is 4.47 Å². The van der Waals surface area contributed by atoms with Crippen LogP contribution >= 0.6 is 15.9 Å². The maximum absolute atomic E-state index is 10.8. The minimum atomic E-state index is -1.42. The summed E-state index contributed by atoms with van der Waals surface area (Å²) in [7, 11) is 0. The van der Waals surface area contributed by atoms with Crippen molar-refractivity contribution in [2.45, 2.75) is 52.4 Å². The predicted molar refractivity (Wildman–Crippen MR) is 81.7 cm³/mol. The Bertz CT molecular complexity index is 439. The Kier molecular flexibility index (Phi) is 6.85. The highest BCUT2D eigenvalue weighted by molar-refractivity contribution is 9.10. The highest BCUT2D eigenvalue weighted by Gasteiger charge is 2.19. The first-order valence-electron chi connectivity index (χ1n) is 6.95. The molecule has 0 amide bonds. The van der Waals surface area contributed by atoms with Crippen molar-refractivity contribution >= 4 is 22.1 Å². The number of phenolic OH excluding ortho intramolecular Hbond substituents is 1. The summed E-state index contributed by atoms with van der Waals surface area (Å²) in [6.45, 7) is 4.17. The molecule has 0 unspecified atom stereocenters. The van der Waals surface area contributed by atoms with Gasteiger partial charge in [0.25, 0.3) is 0 Å². The summed E-state index contributed by atoms with van der Waals surface area (Å²) in [6, 6.07) is 1.94. The molecule has 0 heterocycles. The molecule has 0 saturated carbocycles. The van der Waals surface area contributed by atoms with Crippen LogP contribution in [0.25, 0.3) is 0 Å². The van der Waals surface area contributed by atoms with Gasteiger partial charge in [0.1, 0.15) is 0 Å². The van der Waals surface area contributed by atoms with E-state index in [4.69, 9.17) is 9.84 Å². The van der Waals surface area contributed by atoms with Gasteiger partial charge in [0, 0.05) is 0 Å². The topological polar surface area (TPSA) is 66.8 Å². The average molecular weight is 345 g/mol.